The molecule has 0 fully saturated rings. The average Bonchev–Trinajstić information content (AvgIpc) is 4.04. The third-order valence-electron chi connectivity index (χ3n) is 11.7. The number of carbonyl (C=O) groups excluding carboxylic acids is 4. The molecule has 0 bridgehead atoms. The lowest BCUT2D eigenvalue weighted by Crippen LogP contribution is -2.29. The van der Waals surface area contributed by atoms with Crippen LogP contribution in [0.2, 0.25) is 0 Å². The Morgan fingerprint density at radius 3 is 1.64 bits per heavy atom. The molecule has 66 heavy (non-hydrogen) atoms. The van der Waals surface area contributed by atoms with Crippen molar-refractivity contribution in [1.29, 1.82) is 0 Å². The average molecular weight is 897 g/mol. The lowest BCUT2D eigenvalue weighted by Gasteiger charge is -2.15. The van der Waals surface area contributed by atoms with Gasteiger partial charge in [-0.1, -0.05) is 23.3 Å². The van der Waals surface area contributed by atoms with E-state index in [1.807, 2.05) is 104 Å². The normalized spacial score (nSPS) is 12.6. The molecule has 7 rings (SSSR count). The van der Waals surface area contributed by atoms with Crippen LogP contribution in [0.3, 0.4) is 0 Å². The highest BCUT2D eigenvalue weighted by molar-refractivity contribution is 5.99. The van der Waals surface area contributed by atoms with Gasteiger partial charge >= 0.3 is 0 Å². The molecule has 0 unspecified atom stereocenters. The number of nitrogens with zero attached hydrogens (tertiary/aromatic N) is 10. The van der Waals surface area contributed by atoms with Gasteiger partial charge < -0.3 is 39.2 Å². The SMILES string of the molecule is CCn1nc(C)cc1C(=O)N=c1n(CC)c2cc(C(N)=O)ccc2n1C/C(C)=C(\C)Cn1c(=NC(=O)c2cc(C)nn2CC)n(CC)c2cc(C(N)=O)cc(OCc3ccc(OC)cc3)c21. The van der Waals surface area contributed by atoms with Crippen molar-refractivity contribution < 1.29 is 28.7 Å². The molecule has 0 saturated heterocycles. The number of rotatable bonds is 16. The summed E-state index contributed by atoms with van der Waals surface area (Å²) >= 11 is 0. The largest absolute Gasteiger partial charge is 0.497 e. The molecule has 18 heteroatoms. The summed E-state index contributed by atoms with van der Waals surface area (Å²) in [4.78, 5) is 63.0. The van der Waals surface area contributed by atoms with Crippen LogP contribution >= 0.6 is 0 Å². The predicted octanol–water partition coefficient (Wildman–Crippen LogP) is 5.59. The molecule has 4 amide bonds. The molecule has 0 atom stereocenters. The Morgan fingerprint density at radius 2 is 1.12 bits per heavy atom. The van der Waals surface area contributed by atoms with Crippen LogP contribution in [0.25, 0.3) is 22.1 Å². The van der Waals surface area contributed by atoms with Crippen LogP contribution in [0.15, 0.2) is 87.9 Å². The molecule has 0 aliphatic rings. The lowest BCUT2D eigenvalue weighted by atomic mass is 10.1. The Balaban J connectivity index is 1.44. The summed E-state index contributed by atoms with van der Waals surface area (Å²) in [6.07, 6.45) is 0. The van der Waals surface area contributed by atoms with E-state index in [-0.39, 0.29) is 25.3 Å². The first kappa shape index (κ1) is 46.2. The molecule has 4 heterocycles. The predicted molar refractivity (Wildman–Crippen MR) is 249 cm³/mol. The number of allylic oxidation sites excluding steroid dienone is 2. The summed E-state index contributed by atoms with van der Waals surface area (Å²) in [5.74, 6) is -1.13. The number of carbonyl (C=O) groups is 4. The van der Waals surface area contributed by atoms with E-state index in [4.69, 9.17) is 30.9 Å². The summed E-state index contributed by atoms with van der Waals surface area (Å²) in [5.41, 5.74) is 20.2. The number of hydrogen-bond acceptors (Lipinski definition) is 8. The summed E-state index contributed by atoms with van der Waals surface area (Å²) in [7, 11) is 1.60. The van der Waals surface area contributed by atoms with Crippen molar-refractivity contribution >= 4 is 45.7 Å². The van der Waals surface area contributed by atoms with Gasteiger partial charge in [0, 0.05) is 50.4 Å². The number of aromatic nitrogens is 8. The molecular weight excluding hydrogens is 841 g/mol. The minimum Gasteiger partial charge on any atom is -0.497 e. The van der Waals surface area contributed by atoms with Crippen molar-refractivity contribution in [2.24, 2.45) is 21.5 Å². The molecule has 18 nitrogen and oxygen atoms in total. The monoisotopic (exact) mass is 896 g/mol. The van der Waals surface area contributed by atoms with E-state index in [0.29, 0.717) is 93.8 Å². The zero-order chi connectivity index (χ0) is 47.6. The molecule has 3 aromatic carbocycles. The molecule has 7 aromatic rings. The van der Waals surface area contributed by atoms with Gasteiger partial charge in [0.1, 0.15) is 35.0 Å². The maximum atomic E-state index is 14.2. The van der Waals surface area contributed by atoms with E-state index in [1.54, 1.807) is 52.9 Å². The van der Waals surface area contributed by atoms with Gasteiger partial charge in [-0.2, -0.15) is 20.2 Å². The van der Waals surface area contributed by atoms with Gasteiger partial charge in [-0.15, -0.1) is 0 Å². The Bertz CT molecular complexity index is 3220. The Labute approximate surface area is 381 Å². The van der Waals surface area contributed by atoms with Gasteiger partial charge in [0.25, 0.3) is 11.8 Å². The molecule has 0 aliphatic heterocycles. The fraction of sp³-hybridized carbons (Fsp3) is 0.333. The fourth-order valence-corrected chi connectivity index (χ4v) is 8.17. The molecule has 0 aliphatic carbocycles. The number of benzene rings is 3. The van der Waals surface area contributed by atoms with E-state index < -0.39 is 23.6 Å². The number of methoxy groups -OCH3 is 1. The zero-order valence-corrected chi connectivity index (χ0v) is 38.9. The maximum Gasteiger partial charge on any atom is 0.298 e. The Hall–Kier alpha value is -7.76. The van der Waals surface area contributed by atoms with Crippen LogP contribution in [0.5, 0.6) is 11.5 Å². The number of nitrogens with two attached hydrogens (primary N) is 2. The summed E-state index contributed by atoms with van der Waals surface area (Å²) in [6, 6.07) is 19.4. The zero-order valence-electron chi connectivity index (χ0n) is 38.9. The highest BCUT2D eigenvalue weighted by Crippen LogP contribution is 2.30. The molecule has 4 N–H and O–H groups in total. The molecule has 344 valence electrons. The van der Waals surface area contributed by atoms with Crippen LogP contribution < -0.4 is 32.2 Å². The Morgan fingerprint density at radius 1 is 0.606 bits per heavy atom. The van der Waals surface area contributed by atoms with E-state index in [0.717, 1.165) is 22.2 Å². The number of amides is 4. The van der Waals surface area contributed by atoms with Crippen LogP contribution in [0.4, 0.5) is 0 Å². The van der Waals surface area contributed by atoms with Gasteiger partial charge in [0.2, 0.25) is 23.1 Å². The van der Waals surface area contributed by atoms with Crippen LogP contribution in [-0.2, 0) is 45.9 Å². The number of ether oxygens (including phenoxy) is 2. The Kier molecular flexibility index (Phi) is 13.4. The van der Waals surface area contributed by atoms with E-state index in [2.05, 4.69) is 10.2 Å². The smallest absolute Gasteiger partial charge is 0.298 e. The van der Waals surface area contributed by atoms with Gasteiger partial charge in [-0.3, -0.25) is 28.5 Å². The highest BCUT2D eigenvalue weighted by Gasteiger charge is 2.23. The van der Waals surface area contributed by atoms with Crippen molar-refractivity contribution in [1.82, 2.24) is 37.8 Å². The first-order valence-corrected chi connectivity index (χ1v) is 21.9. The fourth-order valence-electron chi connectivity index (χ4n) is 8.17. The first-order valence-electron chi connectivity index (χ1n) is 21.9. The van der Waals surface area contributed by atoms with Gasteiger partial charge in [0.15, 0.2) is 0 Å². The van der Waals surface area contributed by atoms with E-state index in [9.17, 15) is 19.2 Å². The number of aryl methyl sites for hydroxylation is 6. The van der Waals surface area contributed by atoms with Crippen molar-refractivity contribution in [2.75, 3.05) is 7.11 Å². The van der Waals surface area contributed by atoms with Gasteiger partial charge in [-0.05, 0) is 116 Å². The molecular formula is C48H56N12O6. The van der Waals surface area contributed by atoms with Crippen molar-refractivity contribution in [2.45, 2.75) is 101 Å². The summed E-state index contributed by atoms with van der Waals surface area (Å²) in [5, 5.41) is 8.96. The van der Waals surface area contributed by atoms with E-state index >= 15 is 0 Å². The number of fused-ring (bicyclic) bond motifs is 2. The minimum atomic E-state index is -0.648. The van der Waals surface area contributed by atoms with Gasteiger partial charge in [-0.25, -0.2) is 0 Å². The molecule has 0 radical (unpaired) electrons. The standard InChI is InChI=1S/C48H56N12O6/c1-10-55-37-22-33(43(49)61)16-19-36(37)57(47(55)51-45(63)39-20-30(7)53-59(39)12-3)25-28(5)29(6)26-58-42-38(56(11-2)48(58)52-46(64)40-21-31(8)54-60(40)13-4)23-34(44(50)62)24-41(42)66-27-32-14-17-35(65-9)18-15-32/h14-24H,10-13,25-27H2,1-9H3,(H2,49,61)(H2,50,62)/b29-28+,51-47?,52-48?. The summed E-state index contributed by atoms with van der Waals surface area (Å²) in [6.45, 7) is 17.7. The first-order chi connectivity index (χ1) is 31.6. The third kappa shape index (κ3) is 8.98. The minimum absolute atomic E-state index is 0.145. The topological polar surface area (TPSA) is 219 Å². The van der Waals surface area contributed by atoms with Crippen LogP contribution in [0, 0.1) is 13.8 Å². The maximum absolute atomic E-state index is 14.2. The van der Waals surface area contributed by atoms with Crippen LogP contribution in [0.1, 0.15) is 100 Å². The second-order valence-corrected chi connectivity index (χ2v) is 16.0. The number of imidazole rings is 2. The highest BCUT2D eigenvalue weighted by atomic mass is 16.5. The second-order valence-electron chi connectivity index (χ2n) is 16.0. The quantitative estimate of drug-likeness (QED) is 0.116. The second kappa shape index (κ2) is 19.1. The van der Waals surface area contributed by atoms with E-state index in [1.165, 1.54) is 0 Å². The van der Waals surface area contributed by atoms with Crippen molar-refractivity contribution in [3.63, 3.8) is 0 Å². The number of primary amides is 2. The van der Waals surface area contributed by atoms with Crippen LogP contribution in [-0.4, -0.2) is 68.6 Å². The number of hydrogen-bond donors (Lipinski definition) is 2. The molecule has 0 saturated carbocycles. The van der Waals surface area contributed by atoms with Gasteiger partial charge in [0.05, 0.1) is 35.0 Å². The van der Waals surface area contributed by atoms with Crippen molar-refractivity contribution in [3.05, 3.63) is 129 Å². The third-order valence-corrected chi connectivity index (χ3v) is 11.7. The van der Waals surface area contributed by atoms with Crippen molar-refractivity contribution in [3.8, 4) is 11.5 Å². The lowest BCUT2D eigenvalue weighted by molar-refractivity contribution is 0.0977. The molecule has 0 spiro atoms. The molecule has 4 aromatic heterocycles. The summed E-state index contributed by atoms with van der Waals surface area (Å²) < 4.78 is 22.8.